The highest BCUT2D eigenvalue weighted by Crippen LogP contribution is 2.23. The summed E-state index contributed by atoms with van der Waals surface area (Å²) in [6.07, 6.45) is 0.475. The van der Waals surface area contributed by atoms with E-state index in [1.54, 1.807) is 23.9 Å². The van der Waals surface area contributed by atoms with Crippen LogP contribution in [0.2, 0.25) is 0 Å². The molecular weight excluding hydrogens is 322 g/mol. The fraction of sp³-hybridized carbons (Fsp3) is 0.263. The average Bonchev–Trinajstić information content (AvgIpc) is 2.59. The van der Waals surface area contributed by atoms with E-state index < -0.39 is 5.97 Å². The monoisotopic (exact) mass is 343 g/mol. The quantitative estimate of drug-likeness (QED) is 0.712. The molecule has 0 aliphatic carbocycles. The number of carbonyl (C=O) groups excluding carboxylic acids is 1. The van der Waals surface area contributed by atoms with Gasteiger partial charge in [-0.3, -0.25) is 9.59 Å². The number of nitrogens with one attached hydrogen (secondary N) is 1. The van der Waals surface area contributed by atoms with Crippen molar-refractivity contribution >= 4 is 23.6 Å². The van der Waals surface area contributed by atoms with Gasteiger partial charge in [0.2, 0.25) is 0 Å². The zero-order valence-electron chi connectivity index (χ0n) is 13.6. The Kier molecular flexibility index (Phi) is 6.88. The van der Waals surface area contributed by atoms with Gasteiger partial charge in [0.25, 0.3) is 5.91 Å². The maximum atomic E-state index is 12.1. The maximum Gasteiger partial charge on any atom is 0.303 e. The van der Waals surface area contributed by atoms with E-state index in [1.807, 2.05) is 37.3 Å². The molecule has 5 heteroatoms. The first kappa shape index (κ1) is 18.1. The molecule has 1 atom stereocenters. The Balaban J connectivity index is 1.84. The minimum absolute atomic E-state index is 0.0521. The zero-order chi connectivity index (χ0) is 17.4. The average molecular weight is 343 g/mol. The zero-order valence-corrected chi connectivity index (χ0v) is 14.4. The van der Waals surface area contributed by atoms with Crippen molar-refractivity contribution in [1.29, 1.82) is 0 Å². The lowest BCUT2D eigenvalue weighted by Gasteiger charge is -2.13. The number of carbonyl (C=O) groups is 2. The molecule has 0 fully saturated rings. The topological polar surface area (TPSA) is 66.4 Å². The molecule has 0 aromatic heterocycles. The molecular formula is C19H21NO3S. The molecule has 0 heterocycles. The van der Waals surface area contributed by atoms with E-state index >= 15 is 0 Å². The lowest BCUT2D eigenvalue weighted by atomic mass is 10.1. The molecule has 126 valence electrons. The molecule has 24 heavy (non-hydrogen) atoms. The van der Waals surface area contributed by atoms with Crippen LogP contribution in [0.4, 0.5) is 0 Å². The number of rotatable bonds is 8. The fourth-order valence-corrected chi connectivity index (χ4v) is 3.02. The number of benzene rings is 2. The fourth-order valence-electron chi connectivity index (χ4n) is 2.16. The predicted octanol–water partition coefficient (Wildman–Crippen LogP) is 3.96. The van der Waals surface area contributed by atoms with Gasteiger partial charge in [-0.2, -0.15) is 0 Å². The van der Waals surface area contributed by atoms with Gasteiger partial charge in [-0.15, -0.1) is 11.8 Å². The third-order valence-corrected chi connectivity index (χ3v) is 4.62. The Bertz CT molecular complexity index is 671. The number of aliphatic carboxylic acids is 1. The lowest BCUT2D eigenvalue weighted by molar-refractivity contribution is -0.137. The highest BCUT2D eigenvalue weighted by atomic mass is 32.2. The van der Waals surface area contributed by atoms with Crippen molar-refractivity contribution in [3.05, 3.63) is 65.7 Å². The number of thioether (sulfide) groups is 1. The highest BCUT2D eigenvalue weighted by molar-refractivity contribution is 7.98. The third kappa shape index (κ3) is 6.08. The molecule has 1 amide bonds. The number of hydrogen-bond donors (Lipinski definition) is 2. The third-order valence-electron chi connectivity index (χ3n) is 3.53. The van der Waals surface area contributed by atoms with Crippen molar-refractivity contribution in [3.8, 4) is 0 Å². The van der Waals surface area contributed by atoms with E-state index in [0.717, 1.165) is 10.6 Å². The summed E-state index contributed by atoms with van der Waals surface area (Å²) >= 11 is 1.72. The van der Waals surface area contributed by atoms with Crippen LogP contribution in [0, 0.1) is 0 Å². The first-order chi connectivity index (χ1) is 11.5. The molecule has 2 aromatic rings. The molecule has 4 nitrogen and oxygen atoms in total. The van der Waals surface area contributed by atoms with E-state index in [-0.39, 0.29) is 18.4 Å². The van der Waals surface area contributed by atoms with Crippen LogP contribution >= 0.6 is 11.8 Å². The Morgan fingerprint density at radius 2 is 1.75 bits per heavy atom. The van der Waals surface area contributed by atoms with Crippen molar-refractivity contribution in [2.24, 2.45) is 0 Å². The minimum Gasteiger partial charge on any atom is -0.481 e. The maximum absolute atomic E-state index is 12.1. The number of carboxylic acid groups (broad SMARTS) is 1. The second kappa shape index (κ2) is 9.13. The van der Waals surface area contributed by atoms with Crippen LogP contribution in [-0.4, -0.2) is 23.0 Å². The van der Waals surface area contributed by atoms with Crippen LogP contribution in [0.15, 0.2) is 59.5 Å². The molecule has 0 aliphatic rings. The van der Waals surface area contributed by atoms with E-state index in [9.17, 15) is 9.59 Å². The Hall–Kier alpha value is -2.27. The second-order valence-corrected chi connectivity index (χ2v) is 6.65. The first-order valence-corrected chi connectivity index (χ1v) is 8.82. The minimum atomic E-state index is -0.851. The van der Waals surface area contributed by atoms with E-state index in [1.165, 1.54) is 5.56 Å². The summed E-state index contributed by atoms with van der Waals surface area (Å²) < 4.78 is 0. The van der Waals surface area contributed by atoms with Gasteiger partial charge in [0.15, 0.2) is 0 Å². The molecule has 2 aromatic carbocycles. The molecule has 1 unspecified atom stereocenters. The summed E-state index contributed by atoms with van der Waals surface area (Å²) in [5.41, 5.74) is 1.85. The van der Waals surface area contributed by atoms with Gasteiger partial charge in [0.05, 0.1) is 0 Å². The Morgan fingerprint density at radius 3 is 2.38 bits per heavy atom. The van der Waals surface area contributed by atoms with Crippen LogP contribution in [0.5, 0.6) is 0 Å². The van der Waals surface area contributed by atoms with Gasteiger partial charge >= 0.3 is 5.97 Å². The van der Waals surface area contributed by atoms with Crippen LogP contribution in [0.1, 0.15) is 35.7 Å². The lowest BCUT2D eigenvalue weighted by Crippen LogP contribution is -2.32. The standard InChI is InChI=1S/C19H21NO3S/c1-14(7-12-18(21)22)20-19(23)16-8-10-17(11-9-16)24-13-15-5-3-2-4-6-15/h2-6,8-11,14H,7,12-13H2,1H3,(H,20,23)(H,21,22). The molecule has 0 radical (unpaired) electrons. The molecule has 0 spiro atoms. The van der Waals surface area contributed by atoms with Crippen LogP contribution in [0.3, 0.4) is 0 Å². The van der Waals surface area contributed by atoms with Gasteiger partial charge in [0.1, 0.15) is 0 Å². The Labute approximate surface area is 146 Å². The summed E-state index contributed by atoms with van der Waals surface area (Å²) in [7, 11) is 0. The van der Waals surface area contributed by atoms with Crippen molar-refractivity contribution in [3.63, 3.8) is 0 Å². The van der Waals surface area contributed by atoms with Crippen molar-refractivity contribution in [2.75, 3.05) is 0 Å². The Morgan fingerprint density at radius 1 is 1.08 bits per heavy atom. The van der Waals surface area contributed by atoms with Gasteiger partial charge in [-0.25, -0.2) is 0 Å². The normalized spacial score (nSPS) is 11.7. The van der Waals surface area contributed by atoms with Crippen molar-refractivity contribution in [2.45, 2.75) is 36.5 Å². The van der Waals surface area contributed by atoms with Crippen molar-refractivity contribution in [1.82, 2.24) is 5.32 Å². The number of amides is 1. The number of carboxylic acids is 1. The van der Waals surface area contributed by atoms with Crippen LogP contribution in [0.25, 0.3) is 0 Å². The summed E-state index contributed by atoms with van der Waals surface area (Å²) in [6, 6.07) is 17.5. The van der Waals surface area contributed by atoms with Gasteiger partial charge in [-0.1, -0.05) is 30.3 Å². The summed E-state index contributed by atoms with van der Waals surface area (Å²) in [6.45, 7) is 1.81. The largest absolute Gasteiger partial charge is 0.481 e. The SMILES string of the molecule is CC(CCC(=O)O)NC(=O)c1ccc(SCc2ccccc2)cc1. The summed E-state index contributed by atoms with van der Waals surface area (Å²) in [5.74, 6) is -0.137. The smallest absolute Gasteiger partial charge is 0.303 e. The van der Waals surface area contributed by atoms with Crippen molar-refractivity contribution < 1.29 is 14.7 Å². The molecule has 0 aliphatic heterocycles. The predicted molar refractivity (Wildman–Crippen MR) is 96.2 cm³/mol. The molecule has 2 N–H and O–H groups in total. The van der Waals surface area contributed by atoms with Crippen LogP contribution < -0.4 is 5.32 Å². The highest BCUT2D eigenvalue weighted by Gasteiger charge is 2.11. The second-order valence-electron chi connectivity index (χ2n) is 5.61. The number of hydrogen-bond acceptors (Lipinski definition) is 3. The van der Waals surface area contributed by atoms with E-state index in [0.29, 0.717) is 12.0 Å². The molecule has 0 saturated heterocycles. The molecule has 2 rings (SSSR count). The summed E-state index contributed by atoms with van der Waals surface area (Å²) in [4.78, 5) is 23.8. The van der Waals surface area contributed by atoms with Gasteiger partial charge in [-0.05, 0) is 43.2 Å². The summed E-state index contributed by atoms with van der Waals surface area (Å²) in [5, 5.41) is 11.5. The van der Waals surface area contributed by atoms with E-state index in [2.05, 4.69) is 17.4 Å². The van der Waals surface area contributed by atoms with Crippen LogP contribution in [-0.2, 0) is 10.5 Å². The van der Waals surface area contributed by atoms with Gasteiger partial charge in [0, 0.05) is 28.7 Å². The van der Waals surface area contributed by atoms with E-state index in [4.69, 9.17) is 5.11 Å². The molecule has 0 bridgehead atoms. The first-order valence-electron chi connectivity index (χ1n) is 7.84. The van der Waals surface area contributed by atoms with Gasteiger partial charge < -0.3 is 10.4 Å². The molecule has 0 saturated carbocycles.